The minimum Gasteiger partial charge on any atom is -0.398 e. The smallest absolute Gasteiger partial charge is 0.270 e. The largest absolute Gasteiger partial charge is 0.398 e. The molecular formula is C13H15N3O3. The molecule has 3 N–H and O–H groups in total. The predicted molar refractivity (Wildman–Crippen MR) is 69.5 cm³/mol. The molecule has 1 aliphatic rings. The van der Waals surface area contributed by atoms with Gasteiger partial charge in [0.2, 0.25) is 0 Å². The van der Waals surface area contributed by atoms with Crippen LogP contribution in [0.4, 0.5) is 5.69 Å². The fourth-order valence-corrected chi connectivity index (χ4v) is 1.91. The zero-order chi connectivity index (χ0) is 14.2. The zero-order valence-corrected chi connectivity index (χ0v) is 10.8. The molecule has 0 fully saturated rings. The van der Waals surface area contributed by atoms with Crippen LogP contribution < -0.4 is 11.1 Å². The van der Waals surface area contributed by atoms with Gasteiger partial charge in [-0.05, 0) is 12.1 Å². The number of rotatable bonds is 3. The lowest BCUT2D eigenvalue weighted by atomic mass is 10.1. The van der Waals surface area contributed by atoms with E-state index in [-0.39, 0.29) is 29.4 Å². The summed E-state index contributed by atoms with van der Waals surface area (Å²) in [5, 5.41) is 2.88. The van der Waals surface area contributed by atoms with E-state index in [0.717, 1.165) is 0 Å². The number of hydrogen-bond donors (Lipinski definition) is 2. The Morgan fingerprint density at radius 2 is 2.00 bits per heavy atom. The van der Waals surface area contributed by atoms with Crippen molar-refractivity contribution in [3.63, 3.8) is 0 Å². The van der Waals surface area contributed by atoms with Crippen molar-refractivity contribution in [3.05, 3.63) is 29.3 Å². The first-order valence-electron chi connectivity index (χ1n) is 5.97. The van der Waals surface area contributed by atoms with E-state index in [1.54, 1.807) is 6.07 Å². The van der Waals surface area contributed by atoms with E-state index in [1.807, 2.05) is 13.8 Å². The number of nitrogen functional groups attached to an aromatic ring is 1. The average Bonchev–Trinajstić information content (AvgIpc) is 2.60. The number of benzene rings is 1. The molecular weight excluding hydrogens is 246 g/mol. The van der Waals surface area contributed by atoms with Crippen LogP contribution in [-0.4, -0.2) is 35.2 Å². The summed E-state index contributed by atoms with van der Waals surface area (Å²) in [4.78, 5) is 36.7. The third-order valence-electron chi connectivity index (χ3n) is 2.86. The van der Waals surface area contributed by atoms with Crippen LogP contribution in [0.2, 0.25) is 0 Å². The molecule has 19 heavy (non-hydrogen) atoms. The highest BCUT2D eigenvalue weighted by molar-refractivity contribution is 6.30. The lowest BCUT2D eigenvalue weighted by molar-refractivity contribution is -0.125. The first kappa shape index (κ1) is 13.2. The molecule has 0 aliphatic carbocycles. The van der Waals surface area contributed by atoms with Crippen molar-refractivity contribution in [2.75, 3.05) is 12.3 Å². The van der Waals surface area contributed by atoms with Gasteiger partial charge < -0.3 is 11.1 Å². The molecule has 100 valence electrons. The van der Waals surface area contributed by atoms with E-state index in [4.69, 9.17) is 5.73 Å². The molecule has 0 saturated heterocycles. The molecule has 1 heterocycles. The SMILES string of the molecule is CC(C)NCC(=O)N1C(=O)c2cccc(N)c2C1=O. The van der Waals surface area contributed by atoms with Crippen LogP contribution in [0.15, 0.2) is 18.2 Å². The van der Waals surface area contributed by atoms with Crippen LogP contribution in [0.25, 0.3) is 0 Å². The molecule has 6 heteroatoms. The topological polar surface area (TPSA) is 92.5 Å². The first-order chi connectivity index (χ1) is 8.93. The van der Waals surface area contributed by atoms with Gasteiger partial charge in [-0.25, -0.2) is 4.90 Å². The van der Waals surface area contributed by atoms with E-state index < -0.39 is 17.7 Å². The number of nitrogens with one attached hydrogen (secondary N) is 1. The van der Waals surface area contributed by atoms with Gasteiger partial charge in [-0.15, -0.1) is 0 Å². The molecule has 0 unspecified atom stereocenters. The quantitative estimate of drug-likeness (QED) is 0.606. The third kappa shape index (κ3) is 2.22. The molecule has 3 amide bonds. The molecule has 1 aromatic carbocycles. The maximum atomic E-state index is 12.1. The van der Waals surface area contributed by atoms with Crippen LogP contribution in [0.5, 0.6) is 0 Å². The predicted octanol–water partition coefficient (Wildman–Crippen LogP) is 0.389. The Kier molecular flexibility index (Phi) is 3.35. The highest BCUT2D eigenvalue weighted by atomic mass is 16.2. The van der Waals surface area contributed by atoms with Crippen LogP contribution >= 0.6 is 0 Å². The van der Waals surface area contributed by atoms with Crippen LogP contribution in [0.3, 0.4) is 0 Å². The van der Waals surface area contributed by atoms with Gasteiger partial charge in [-0.2, -0.15) is 0 Å². The number of nitrogens with two attached hydrogens (primary N) is 1. The van der Waals surface area contributed by atoms with Gasteiger partial charge in [0.25, 0.3) is 17.7 Å². The summed E-state index contributed by atoms with van der Waals surface area (Å²) < 4.78 is 0. The van der Waals surface area contributed by atoms with Crippen molar-refractivity contribution in [1.82, 2.24) is 10.2 Å². The van der Waals surface area contributed by atoms with Gasteiger partial charge in [0, 0.05) is 11.7 Å². The van der Waals surface area contributed by atoms with Crippen molar-refractivity contribution in [1.29, 1.82) is 0 Å². The Hall–Kier alpha value is -2.21. The van der Waals surface area contributed by atoms with Crippen LogP contribution in [-0.2, 0) is 4.79 Å². The fraction of sp³-hybridized carbons (Fsp3) is 0.308. The number of anilines is 1. The summed E-state index contributed by atoms with van der Waals surface area (Å²) >= 11 is 0. The second-order valence-electron chi connectivity index (χ2n) is 4.64. The Morgan fingerprint density at radius 1 is 1.32 bits per heavy atom. The molecule has 1 aliphatic heterocycles. The summed E-state index contributed by atoms with van der Waals surface area (Å²) in [7, 11) is 0. The molecule has 6 nitrogen and oxygen atoms in total. The van der Waals surface area contributed by atoms with Crippen molar-refractivity contribution >= 4 is 23.4 Å². The Bertz CT molecular complexity index is 566. The summed E-state index contributed by atoms with van der Waals surface area (Å²) in [6.45, 7) is 3.67. The monoisotopic (exact) mass is 261 g/mol. The Balaban J connectivity index is 2.28. The number of hydrogen-bond acceptors (Lipinski definition) is 5. The van der Waals surface area contributed by atoms with Crippen LogP contribution in [0, 0.1) is 0 Å². The number of fused-ring (bicyclic) bond motifs is 1. The number of amides is 3. The Morgan fingerprint density at radius 3 is 2.58 bits per heavy atom. The normalized spacial score (nSPS) is 14.2. The number of carbonyl (C=O) groups excluding carboxylic acids is 3. The maximum absolute atomic E-state index is 12.1. The molecule has 1 aromatic rings. The number of carbonyl (C=O) groups is 3. The Labute approximate surface area is 110 Å². The number of imide groups is 3. The minimum atomic E-state index is -0.645. The van der Waals surface area contributed by atoms with Crippen molar-refractivity contribution in [2.24, 2.45) is 0 Å². The molecule has 0 spiro atoms. The summed E-state index contributed by atoms with van der Waals surface area (Å²) in [5.74, 6) is -1.82. The van der Waals surface area contributed by atoms with Gasteiger partial charge in [0.15, 0.2) is 0 Å². The highest BCUT2D eigenvalue weighted by Crippen LogP contribution is 2.27. The fourth-order valence-electron chi connectivity index (χ4n) is 1.91. The van der Waals surface area contributed by atoms with Gasteiger partial charge in [-0.3, -0.25) is 14.4 Å². The molecule has 0 bridgehead atoms. The van der Waals surface area contributed by atoms with Crippen molar-refractivity contribution in [2.45, 2.75) is 19.9 Å². The lowest BCUT2D eigenvalue weighted by Gasteiger charge is -2.13. The molecule has 2 rings (SSSR count). The van der Waals surface area contributed by atoms with Crippen molar-refractivity contribution in [3.8, 4) is 0 Å². The lowest BCUT2D eigenvalue weighted by Crippen LogP contribution is -2.43. The zero-order valence-electron chi connectivity index (χ0n) is 10.8. The maximum Gasteiger partial charge on any atom is 0.270 e. The minimum absolute atomic E-state index is 0.0664. The third-order valence-corrected chi connectivity index (χ3v) is 2.86. The first-order valence-corrected chi connectivity index (χ1v) is 5.97. The average molecular weight is 261 g/mol. The van der Waals surface area contributed by atoms with E-state index in [9.17, 15) is 14.4 Å². The van der Waals surface area contributed by atoms with Gasteiger partial charge >= 0.3 is 0 Å². The van der Waals surface area contributed by atoms with Gasteiger partial charge in [0.05, 0.1) is 17.7 Å². The summed E-state index contributed by atoms with van der Waals surface area (Å²) in [6, 6.07) is 4.70. The highest BCUT2D eigenvalue weighted by Gasteiger charge is 2.40. The van der Waals surface area contributed by atoms with Crippen molar-refractivity contribution < 1.29 is 14.4 Å². The second kappa shape index (κ2) is 4.81. The molecule has 0 atom stereocenters. The van der Waals surface area contributed by atoms with Crippen LogP contribution in [0.1, 0.15) is 34.6 Å². The molecule has 0 radical (unpaired) electrons. The van der Waals surface area contributed by atoms with E-state index in [1.165, 1.54) is 12.1 Å². The molecule has 0 aromatic heterocycles. The molecule has 0 saturated carbocycles. The van der Waals surface area contributed by atoms with Gasteiger partial charge in [-0.1, -0.05) is 19.9 Å². The number of nitrogens with zero attached hydrogens (tertiary/aromatic N) is 1. The standard InChI is InChI=1S/C13H15N3O3/c1-7(2)15-6-10(17)16-12(18)8-4-3-5-9(14)11(8)13(16)19/h3-5,7,15H,6,14H2,1-2H3. The second-order valence-corrected chi connectivity index (χ2v) is 4.64. The van der Waals surface area contributed by atoms with Gasteiger partial charge in [0.1, 0.15) is 0 Å². The van der Waals surface area contributed by atoms with E-state index in [2.05, 4.69) is 5.32 Å². The van der Waals surface area contributed by atoms with E-state index >= 15 is 0 Å². The van der Waals surface area contributed by atoms with E-state index in [0.29, 0.717) is 4.90 Å². The summed E-state index contributed by atoms with van der Waals surface area (Å²) in [6.07, 6.45) is 0. The summed E-state index contributed by atoms with van der Waals surface area (Å²) in [5.41, 5.74) is 6.19.